The van der Waals surface area contributed by atoms with Crippen molar-refractivity contribution in [3.63, 3.8) is 0 Å². The Morgan fingerprint density at radius 2 is 1.90 bits per heavy atom. The molecule has 0 radical (unpaired) electrons. The van der Waals surface area contributed by atoms with E-state index in [0.29, 0.717) is 5.56 Å². The van der Waals surface area contributed by atoms with Gasteiger partial charge in [0.1, 0.15) is 0 Å². The molecule has 2 aromatic heterocycles. The lowest BCUT2D eigenvalue weighted by Gasteiger charge is -2.05. The summed E-state index contributed by atoms with van der Waals surface area (Å²) in [5.74, 6) is -0.103. The fourth-order valence-corrected chi connectivity index (χ4v) is 2.99. The van der Waals surface area contributed by atoms with E-state index in [1.807, 2.05) is 35.7 Å². The second kappa shape index (κ2) is 5.71. The summed E-state index contributed by atoms with van der Waals surface area (Å²) in [6, 6.07) is 9.23. The van der Waals surface area contributed by atoms with Crippen molar-refractivity contribution in [3.8, 4) is 5.69 Å². The SMILES string of the molecule is O=C(Nc1ccc(-n2nccn2)cc1)c1csc(I)c1. The molecule has 2 heterocycles. The Morgan fingerprint density at radius 3 is 2.50 bits per heavy atom. The molecule has 3 aromatic rings. The second-order valence-electron chi connectivity index (χ2n) is 3.96. The van der Waals surface area contributed by atoms with Crippen molar-refractivity contribution in [2.75, 3.05) is 5.32 Å². The molecule has 1 aromatic carbocycles. The number of amides is 1. The van der Waals surface area contributed by atoms with Crippen LogP contribution in [0, 0.1) is 2.88 Å². The van der Waals surface area contributed by atoms with Crippen molar-refractivity contribution in [2.45, 2.75) is 0 Å². The summed E-state index contributed by atoms with van der Waals surface area (Å²) < 4.78 is 1.09. The van der Waals surface area contributed by atoms with E-state index in [-0.39, 0.29) is 5.91 Å². The van der Waals surface area contributed by atoms with Gasteiger partial charge >= 0.3 is 0 Å². The van der Waals surface area contributed by atoms with Crippen LogP contribution >= 0.6 is 33.9 Å². The molecule has 0 fully saturated rings. The minimum atomic E-state index is -0.103. The first-order chi connectivity index (χ1) is 9.72. The minimum Gasteiger partial charge on any atom is -0.322 e. The van der Waals surface area contributed by atoms with Crippen LogP contribution in [0.4, 0.5) is 5.69 Å². The number of nitrogens with zero attached hydrogens (tertiary/aromatic N) is 3. The molecule has 7 heteroatoms. The molecule has 20 heavy (non-hydrogen) atoms. The highest BCUT2D eigenvalue weighted by Crippen LogP contribution is 2.18. The molecule has 0 spiro atoms. The average Bonchev–Trinajstić information content (AvgIpc) is 3.10. The molecule has 0 unspecified atom stereocenters. The van der Waals surface area contributed by atoms with Gasteiger partial charge in [0.05, 0.1) is 26.5 Å². The maximum atomic E-state index is 12.0. The molecule has 100 valence electrons. The lowest BCUT2D eigenvalue weighted by Crippen LogP contribution is -2.10. The first-order valence-electron chi connectivity index (χ1n) is 5.74. The predicted molar refractivity (Wildman–Crippen MR) is 86.3 cm³/mol. The Kier molecular flexibility index (Phi) is 3.79. The van der Waals surface area contributed by atoms with Gasteiger partial charge in [-0.25, -0.2) is 0 Å². The van der Waals surface area contributed by atoms with Gasteiger partial charge in [-0.2, -0.15) is 15.0 Å². The highest BCUT2D eigenvalue weighted by atomic mass is 127. The van der Waals surface area contributed by atoms with Gasteiger partial charge in [-0.15, -0.1) is 11.3 Å². The van der Waals surface area contributed by atoms with E-state index in [1.165, 1.54) is 4.80 Å². The zero-order valence-corrected chi connectivity index (χ0v) is 13.1. The van der Waals surface area contributed by atoms with Gasteiger partial charge in [0.25, 0.3) is 5.91 Å². The van der Waals surface area contributed by atoms with Crippen molar-refractivity contribution in [1.82, 2.24) is 15.0 Å². The number of rotatable bonds is 3. The van der Waals surface area contributed by atoms with E-state index in [1.54, 1.807) is 23.7 Å². The summed E-state index contributed by atoms with van der Waals surface area (Å²) in [5.41, 5.74) is 2.27. The van der Waals surface area contributed by atoms with Crippen LogP contribution in [0.15, 0.2) is 48.1 Å². The molecule has 0 saturated heterocycles. The number of benzene rings is 1. The summed E-state index contributed by atoms with van der Waals surface area (Å²) in [5, 5.41) is 12.8. The van der Waals surface area contributed by atoms with Crippen LogP contribution in [0.25, 0.3) is 5.69 Å². The number of thiophene rings is 1. The van der Waals surface area contributed by atoms with Crippen LogP contribution < -0.4 is 5.32 Å². The number of anilines is 1. The van der Waals surface area contributed by atoms with Gasteiger partial charge in [-0.1, -0.05) is 0 Å². The summed E-state index contributed by atoms with van der Waals surface area (Å²) in [4.78, 5) is 13.5. The monoisotopic (exact) mass is 396 g/mol. The van der Waals surface area contributed by atoms with Gasteiger partial charge in [0, 0.05) is 11.1 Å². The van der Waals surface area contributed by atoms with E-state index in [4.69, 9.17) is 0 Å². The fraction of sp³-hybridized carbons (Fsp3) is 0. The molecule has 3 rings (SSSR count). The average molecular weight is 396 g/mol. The maximum absolute atomic E-state index is 12.0. The Balaban J connectivity index is 1.74. The van der Waals surface area contributed by atoms with Crippen LogP contribution in [0.2, 0.25) is 0 Å². The van der Waals surface area contributed by atoms with Crippen molar-refractivity contribution in [1.29, 1.82) is 0 Å². The zero-order chi connectivity index (χ0) is 13.9. The lowest BCUT2D eigenvalue weighted by molar-refractivity contribution is 0.102. The molecule has 0 aliphatic heterocycles. The van der Waals surface area contributed by atoms with E-state index in [0.717, 1.165) is 14.3 Å². The fourth-order valence-electron chi connectivity index (χ4n) is 1.66. The van der Waals surface area contributed by atoms with Crippen LogP contribution in [0.1, 0.15) is 10.4 Å². The molecule has 0 aliphatic carbocycles. The van der Waals surface area contributed by atoms with Gasteiger partial charge in [-0.3, -0.25) is 4.79 Å². The summed E-state index contributed by atoms with van der Waals surface area (Å²) in [6.45, 7) is 0. The van der Waals surface area contributed by atoms with Crippen molar-refractivity contribution in [2.24, 2.45) is 0 Å². The number of halogens is 1. The topological polar surface area (TPSA) is 59.8 Å². The summed E-state index contributed by atoms with van der Waals surface area (Å²) in [6.07, 6.45) is 3.24. The number of hydrogen-bond donors (Lipinski definition) is 1. The largest absolute Gasteiger partial charge is 0.322 e. The van der Waals surface area contributed by atoms with Crippen molar-refractivity contribution >= 4 is 45.5 Å². The maximum Gasteiger partial charge on any atom is 0.256 e. The third-order valence-electron chi connectivity index (χ3n) is 2.60. The Hall–Kier alpha value is -1.74. The molecule has 5 nitrogen and oxygen atoms in total. The molecule has 0 saturated carbocycles. The molecule has 1 amide bonds. The lowest BCUT2D eigenvalue weighted by atomic mass is 10.2. The number of aromatic nitrogens is 3. The van der Waals surface area contributed by atoms with Crippen molar-refractivity contribution in [3.05, 3.63) is 56.6 Å². The van der Waals surface area contributed by atoms with Crippen molar-refractivity contribution < 1.29 is 4.79 Å². The van der Waals surface area contributed by atoms with Crippen LogP contribution in [-0.4, -0.2) is 20.9 Å². The molecule has 0 atom stereocenters. The predicted octanol–water partition coefficient (Wildman–Crippen LogP) is 3.19. The third-order valence-corrected chi connectivity index (χ3v) is 4.39. The van der Waals surface area contributed by atoms with Gasteiger partial charge < -0.3 is 5.32 Å². The highest BCUT2D eigenvalue weighted by Gasteiger charge is 2.08. The Labute approximate surface area is 132 Å². The van der Waals surface area contributed by atoms with Gasteiger partial charge in [0.2, 0.25) is 0 Å². The van der Waals surface area contributed by atoms with Gasteiger partial charge in [-0.05, 0) is 52.9 Å². The highest BCUT2D eigenvalue weighted by molar-refractivity contribution is 14.1. The molecule has 0 aliphatic rings. The standard InChI is InChI=1S/C13H9IN4OS/c14-12-7-9(8-20-12)13(19)17-10-1-3-11(4-2-10)18-15-5-6-16-18/h1-8H,(H,17,19). The smallest absolute Gasteiger partial charge is 0.256 e. The molecular formula is C13H9IN4OS. The zero-order valence-electron chi connectivity index (χ0n) is 10.2. The number of carbonyl (C=O) groups is 1. The second-order valence-corrected chi connectivity index (χ2v) is 6.76. The number of nitrogens with one attached hydrogen (secondary N) is 1. The first kappa shape index (κ1) is 13.3. The summed E-state index contributed by atoms with van der Waals surface area (Å²) in [7, 11) is 0. The number of hydrogen-bond acceptors (Lipinski definition) is 4. The molecule has 1 N–H and O–H groups in total. The Bertz CT molecular complexity index is 721. The Morgan fingerprint density at radius 1 is 1.20 bits per heavy atom. The van der Waals surface area contributed by atoms with Gasteiger partial charge in [0.15, 0.2) is 0 Å². The van der Waals surface area contributed by atoms with E-state index in [9.17, 15) is 4.79 Å². The van der Waals surface area contributed by atoms with E-state index >= 15 is 0 Å². The molecule has 0 bridgehead atoms. The third kappa shape index (κ3) is 2.88. The van der Waals surface area contributed by atoms with Crippen LogP contribution in [0.5, 0.6) is 0 Å². The quantitative estimate of drug-likeness (QED) is 0.692. The molecular weight excluding hydrogens is 387 g/mol. The minimum absolute atomic E-state index is 0.103. The van der Waals surface area contributed by atoms with Crippen LogP contribution in [0.3, 0.4) is 0 Å². The first-order valence-corrected chi connectivity index (χ1v) is 7.70. The normalized spacial score (nSPS) is 10.4. The van der Waals surface area contributed by atoms with E-state index in [2.05, 4.69) is 38.1 Å². The van der Waals surface area contributed by atoms with Crippen LogP contribution in [-0.2, 0) is 0 Å². The van der Waals surface area contributed by atoms with E-state index < -0.39 is 0 Å². The number of carbonyl (C=O) groups excluding carboxylic acids is 1. The summed E-state index contributed by atoms with van der Waals surface area (Å²) >= 11 is 3.75.